The Kier molecular flexibility index (Phi) is 4.16. The van der Waals surface area contributed by atoms with E-state index in [4.69, 9.17) is 5.73 Å². The molecule has 1 aliphatic rings. The Bertz CT molecular complexity index is 551. The van der Waals surface area contributed by atoms with E-state index in [1.165, 1.54) is 6.42 Å². The summed E-state index contributed by atoms with van der Waals surface area (Å²) in [4.78, 5) is 0.321. The summed E-state index contributed by atoms with van der Waals surface area (Å²) in [6.07, 6.45) is 4.10. The van der Waals surface area contributed by atoms with Gasteiger partial charge >= 0.3 is 0 Å². The Morgan fingerprint density at radius 3 is 2.63 bits per heavy atom. The van der Waals surface area contributed by atoms with E-state index in [2.05, 4.69) is 4.72 Å². The Balaban J connectivity index is 2.25. The minimum Gasteiger partial charge on any atom is -0.399 e. The fourth-order valence-corrected chi connectivity index (χ4v) is 4.12. The van der Waals surface area contributed by atoms with Crippen LogP contribution in [-0.4, -0.2) is 14.5 Å². The van der Waals surface area contributed by atoms with E-state index < -0.39 is 10.0 Å². The van der Waals surface area contributed by atoms with E-state index in [1.807, 2.05) is 13.8 Å². The summed E-state index contributed by atoms with van der Waals surface area (Å²) in [6, 6.07) is 5.07. The number of nitrogens with two attached hydrogens (primary N) is 1. The fraction of sp³-hybridized carbons (Fsp3) is 0.571. The van der Waals surface area contributed by atoms with Gasteiger partial charge in [0.2, 0.25) is 10.0 Å². The van der Waals surface area contributed by atoms with Crippen molar-refractivity contribution >= 4 is 15.7 Å². The topological polar surface area (TPSA) is 72.2 Å². The van der Waals surface area contributed by atoms with Crippen LogP contribution in [0.4, 0.5) is 5.69 Å². The number of hydrogen-bond donors (Lipinski definition) is 2. The van der Waals surface area contributed by atoms with Gasteiger partial charge in [0, 0.05) is 11.7 Å². The SMILES string of the molecule is CCc1ccc(N)cc1S(=O)(=O)NC(C)C1CCC1. The lowest BCUT2D eigenvalue weighted by molar-refractivity contribution is 0.260. The normalized spacial score (nSPS) is 18.0. The monoisotopic (exact) mass is 282 g/mol. The van der Waals surface area contributed by atoms with Crippen molar-refractivity contribution in [2.75, 3.05) is 5.73 Å². The van der Waals surface area contributed by atoms with E-state index in [0.717, 1.165) is 18.4 Å². The molecular formula is C14H22N2O2S. The molecule has 0 amide bonds. The standard InChI is InChI=1S/C14H22N2O2S/c1-3-11-7-8-13(15)9-14(11)19(17,18)16-10(2)12-5-4-6-12/h7-10,12,16H,3-6,15H2,1-2H3. The number of anilines is 1. The van der Waals surface area contributed by atoms with Gasteiger partial charge in [-0.15, -0.1) is 0 Å². The molecule has 1 aliphatic carbocycles. The molecule has 1 aromatic carbocycles. The smallest absolute Gasteiger partial charge is 0.241 e. The van der Waals surface area contributed by atoms with Gasteiger partial charge in [-0.1, -0.05) is 19.4 Å². The second kappa shape index (κ2) is 5.51. The number of benzene rings is 1. The van der Waals surface area contributed by atoms with Crippen molar-refractivity contribution in [3.8, 4) is 0 Å². The summed E-state index contributed by atoms with van der Waals surface area (Å²) < 4.78 is 27.7. The molecule has 1 fully saturated rings. The zero-order valence-electron chi connectivity index (χ0n) is 11.5. The molecule has 4 nitrogen and oxygen atoms in total. The molecular weight excluding hydrogens is 260 g/mol. The summed E-state index contributed by atoms with van der Waals surface area (Å²) in [5.41, 5.74) is 7.00. The van der Waals surface area contributed by atoms with Gasteiger partial charge in [-0.3, -0.25) is 0 Å². The second-order valence-electron chi connectivity index (χ2n) is 5.32. The van der Waals surface area contributed by atoms with Crippen LogP contribution in [-0.2, 0) is 16.4 Å². The molecule has 2 rings (SSSR count). The number of rotatable bonds is 5. The number of sulfonamides is 1. The van der Waals surface area contributed by atoms with Crippen LogP contribution in [0.15, 0.2) is 23.1 Å². The van der Waals surface area contributed by atoms with Crippen molar-refractivity contribution in [1.29, 1.82) is 0 Å². The molecule has 0 aromatic heterocycles. The molecule has 0 saturated heterocycles. The maximum absolute atomic E-state index is 12.5. The largest absolute Gasteiger partial charge is 0.399 e. The molecule has 106 valence electrons. The highest BCUT2D eigenvalue weighted by atomic mass is 32.2. The second-order valence-corrected chi connectivity index (χ2v) is 7.00. The molecule has 19 heavy (non-hydrogen) atoms. The predicted octanol–water partition coefficient (Wildman–Crippen LogP) is 2.30. The maximum Gasteiger partial charge on any atom is 0.241 e. The first-order chi connectivity index (χ1) is 8.94. The van der Waals surface area contributed by atoms with Crippen LogP contribution in [0, 0.1) is 5.92 Å². The highest BCUT2D eigenvalue weighted by Crippen LogP contribution is 2.30. The summed E-state index contributed by atoms with van der Waals surface area (Å²) >= 11 is 0. The van der Waals surface area contributed by atoms with Crippen LogP contribution in [0.5, 0.6) is 0 Å². The number of nitrogens with one attached hydrogen (secondary N) is 1. The van der Waals surface area contributed by atoms with E-state index >= 15 is 0 Å². The van der Waals surface area contributed by atoms with Crippen LogP contribution in [0.3, 0.4) is 0 Å². The first-order valence-corrected chi connectivity index (χ1v) is 8.33. The van der Waals surface area contributed by atoms with Gasteiger partial charge in [0.1, 0.15) is 0 Å². The molecule has 5 heteroatoms. The Labute approximate surface area is 115 Å². The number of hydrogen-bond acceptors (Lipinski definition) is 3. The van der Waals surface area contributed by atoms with Gasteiger partial charge in [0.15, 0.2) is 0 Å². The molecule has 1 saturated carbocycles. The minimum atomic E-state index is -3.48. The van der Waals surface area contributed by atoms with Crippen LogP contribution in [0.25, 0.3) is 0 Å². The van der Waals surface area contributed by atoms with Crippen molar-refractivity contribution in [2.45, 2.75) is 50.5 Å². The quantitative estimate of drug-likeness (QED) is 0.814. The molecule has 0 radical (unpaired) electrons. The molecule has 1 aromatic rings. The molecule has 0 heterocycles. The molecule has 1 atom stereocenters. The third kappa shape index (κ3) is 3.09. The third-order valence-corrected chi connectivity index (χ3v) is 5.60. The van der Waals surface area contributed by atoms with Gasteiger partial charge in [-0.25, -0.2) is 13.1 Å². The molecule has 0 aliphatic heterocycles. The summed E-state index contributed by atoms with van der Waals surface area (Å²) in [5.74, 6) is 0.473. The Morgan fingerprint density at radius 1 is 1.42 bits per heavy atom. The number of nitrogen functional groups attached to an aromatic ring is 1. The van der Waals surface area contributed by atoms with E-state index in [0.29, 0.717) is 22.9 Å². The van der Waals surface area contributed by atoms with E-state index in [1.54, 1.807) is 18.2 Å². The zero-order valence-corrected chi connectivity index (χ0v) is 12.3. The van der Waals surface area contributed by atoms with Gasteiger partial charge < -0.3 is 5.73 Å². The van der Waals surface area contributed by atoms with Gasteiger partial charge in [0.05, 0.1) is 4.90 Å². The summed E-state index contributed by atoms with van der Waals surface area (Å²) in [6.45, 7) is 3.89. The van der Waals surface area contributed by atoms with Crippen molar-refractivity contribution < 1.29 is 8.42 Å². The Morgan fingerprint density at radius 2 is 2.11 bits per heavy atom. The van der Waals surface area contributed by atoms with Crippen molar-refractivity contribution in [1.82, 2.24) is 4.72 Å². The highest BCUT2D eigenvalue weighted by molar-refractivity contribution is 7.89. The van der Waals surface area contributed by atoms with Crippen molar-refractivity contribution in [3.63, 3.8) is 0 Å². The van der Waals surface area contributed by atoms with Crippen LogP contribution < -0.4 is 10.5 Å². The van der Waals surface area contributed by atoms with Crippen molar-refractivity contribution in [2.24, 2.45) is 5.92 Å². The molecule has 3 N–H and O–H groups in total. The maximum atomic E-state index is 12.5. The van der Waals surface area contributed by atoms with Crippen LogP contribution in [0.1, 0.15) is 38.7 Å². The van der Waals surface area contributed by atoms with Crippen LogP contribution >= 0.6 is 0 Å². The summed E-state index contributed by atoms with van der Waals surface area (Å²) in [7, 11) is -3.48. The molecule has 1 unspecified atom stereocenters. The lowest BCUT2D eigenvalue weighted by Crippen LogP contribution is -2.40. The first-order valence-electron chi connectivity index (χ1n) is 6.84. The minimum absolute atomic E-state index is 0.00936. The molecule has 0 spiro atoms. The van der Waals surface area contributed by atoms with E-state index in [-0.39, 0.29) is 6.04 Å². The summed E-state index contributed by atoms with van der Waals surface area (Å²) in [5, 5.41) is 0. The Hall–Kier alpha value is -1.07. The first kappa shape index (κ1) is 14.3. The van der Waals surface area contributed by atoms with Gasteiger partial charge in [-0.05, 0) is 49.8 Å². The average Bonchev–Trinajstić information content (AvgIpc) is 2.25. The van der Waals surface area contributed by atoms with Crippen molar-refractivity contribution in [3.05, 3.63) is 23.8 Å². The average molecular weight is 282 g/mol. The van der Waals surface area contributed by atoms with Crippen LogP contribution in [0.2, 0.25) is 0 Å². The van der Waals surface area contributed by atoms with Gasteiger partial charge in [0.25, 0.3) is 0 Å². The van der Waals surface area contributed by atoms with Gasteiger partial charge in [-0.2, -0.15) is 0 Å². The highest BCUT2D eigenvalue weighted by Gasteiger charge is 2.28. The predicted molar refractivity (Wildman–Crippen MR) is 77.4 cm³/mol. The van der Waals surface area contributed by atoms with E-state index in [9.17, 15) is 8.42 Å². The lowest BCUT2D eigenvalue weighted by Gasteiger charge is -2.31. The molecule has 0 bridgehead atoms. The zero-order chi connectivity index (χ0) is 14.0. The lowest BCUT2D eigenvalue weighted by atomic mass is 9.81. The third-order valence-electron chi connectivity index (χ3n) is 3.96. The fourth-order valence-electron chi connectivity index (χ4n) is 2.46. The number of aryl methyl sites for hydroxylation is 1.